The van der Waals surface area contributed by atoms with Crippen molar-refractivity contribution in [3.8, 4) is 0 Å². The van der Waals surface area contributed by atoms with Crippen molar-refractivity contribution in [2.45, 2.75) is 37.6 Å². The Labute approximate surface area is 163 Å². The molecule has 0 unspecified atom stereocenters. The fraction of sp³-hybridized carbons (Fsp3) is 0.474. The van der Waals surface area contributed by atoms with Crippen molar-refractivity contribution in [1.29, 1.82) is 0 Å². The maximum Gasteiger partial charge on any atom is 0.325 e. The molecule has 3 rings (SSSR count). The van der Waals surface area contributed by atoms with Gasteiger partial charge >= 0.3 is 6.03 Å². The summed E-state index contributed by atoms with van der Waals surface area (Å²) in [5, 5.41) is 8.04. The average molecular weight is 387 g/mol. The Morgan fingerprint density at radius 1 is 1.14 bits per heavy atom. The monoisotopic (exact) mass is 387 g/mol. The van der Waals surface area contributed by atoms with Crippen molar-refractivity contribution < 1.29 is 19.2 Å². The first-order valence-corrected chi connectivity index (χ1v) is 9.48. The van der Waals surface area contributed by atoms with Crippen LogP contribution in [0.1, 0.15) is 42.5 Å². The van der Waals surface area contributed by atoms with E-state index in [2.05, 4.69) is 16.0 Å². The Bertz CT molecular complexity index is 788. The standard InChI is InChI=1S/C19H25N5O4/c20-10-11-21-16(26)13-6-2-3-7-14(13)22-15(25)12-24-17(27)19(23-18(24)28)8-4-1-5-9-19/h2-3,6-7H,1,4-5,8-12,20H2,(H,21,26)(H,22,25)(H,23,28). The van der Waals surface area contributed by atoms with Crippen LogP contribution in [0.3, 0.4) is 0 Å². The Morgan fingerprint density at radius 2 is 1.86 bits per heavy atom. The van der Waals surface area contributed by atoms with Gasteiger partial charge in [-0.25, -0.2) is 4.79 Å². The second kappa shape index (κ2) is 8.39. The number of nitrogens with two attached hydrogens (primary N) is 1. The molecule has 2 fully saturated rings. The van der Waals surface area contributed by atoms with Gasteiger partial charge in [-0.05, 0) is 25.0 Å². The molecule has 1 spiro atoms. The Morgan fingerprint density at radius 3 is 2.57 bits per heavy atom. The highest BCUT2D eigenvalue weighted by molar-refractivity contribution is 6.11. The van der Waals surface area contributed by atoms with Crippen LogP contribution in [0.15, 0.2) is 24.3 Å². The van der Waals surface area contributed by atoms with Crippen LogP contribution in [0.4, 0.5) is 10.5 Å². The van der Waals surface area contributed by atoms with Crippen molar-refractivity contribution in [2.24, 2.45) is 5.73 Å². The number of carbonyl (C=O) groups is 4. The molecule has 9 heteroatoms. The number of nitrogens with one attached hydrogen (secondary N) is 3. The van der Waals surface area contributed by atoms with Crippen LogP contribution in [0.2, 0.25) is 0 Å². The van der Waals surface area contributed by atoms with Crippen molar-refractivity contribution in [2.75, 3.05) is 25.0 Å². The highest BCUT2D eigenvalue weighted by atomic mass is 16.2. The number of rotatable bonds is 6. The van der Waals surface area contributed by atoms with Crippen LogP contribution < -0.4 is 21.7 Å². The molecule has 28 heavy (non-hydrogen) atoms. The fourth-order valence-corrected chi connectivity index (χ4v) is 3.72. The van der Waals surface area contributed by atoms with Gasteiger partial charge < -0.3 is 21.7 Å². The van der Waals surface area contributed by atoms with Crippen LogP contribution in [0.5, 0.6) is 0 Å². The molecular weight excluding hydrogens is 362 g/mol. The van der Waals surface area contributed by atoms with Crippen molar-refractivity contribution >= 4 is 29.4 Å². The number of amides is 5. The lowest BCUT2D eigenvalue weighted by Crippen LogP contribution is -2.48. The molecule has 0 atom stereocenters. The van der Waals surface area contributed by atoms with Gasteiger partial charge in [-0.3, -0.25) is 19.3 Å². The van der Waals surface area contributed by atoms with Crippen LogP contribution >= 0.6 is 0 Å². The molecule has 150 valence electrons. The summed E-state index contributed by atoms with van der Waals surface area (Å²) in [7, 11) is 0. The molecule has 0 radical (unpaired) electrons. The van der Waals surface area contributed by atoms with Gasteiger partial charge in [0.1, 0.15) is 12.1 Å². The summed E-state index contributed by atoms with van der Waals surface area (Å²) in [4.78, 5) is 50.7. The minimum Gasteiger partial charge on any atom is -0.351 e. The Hall–Kier alpha value is -2.94. The van der Waals surface area contributed by atoms with Gasteiger partial charge in [0, 0.05) is 13.1 Å². The highest BCUT2D eigenvalue weighted by Crippen LogP contribution is 2.33. The Balaban J connectivity index is 1.67. The lowest BCUT2D eigenvalue weighted by Gasteiger charge is -2.30. The number of hydrogen-bond acceptors (Lipinski definition) is 5. The molecule has 1 aliphatic carbocycles. The molecule has 5 amide bonds. The smallest absolute Gasteiger partial charge is 0.325 e. The minimum absolute atomic E-state index is 0.283. The lowest BCUT2D eigenvalue weighted by molar-refractivity contribution is -0.134. The van der Waals surface area contributed by atoms with Crippen molar-refractivity contribution in [1.82, 2.24) is 15.5 Å². The molecule has 0 aromatic heterocycles. The maximum atomic E-state index is 12.8. The van der Waals surface area contributed by atoms with Gasteiger partial charge in [-0.2, -0.15) is 0 Å². The number of imide groups is 1. The molecule has 1 aromatic carbocycles. The summed E-state index contributed by atoms with van der Waals surface area (Å²) >= 11 is 0. The van der Waals surface area contributed by atoms with Gasteiger partial charge in [0.15, 0.2) is 0 Å². The van der Waals surface area contributed by atoms with Gasteiger partial charge in [0.25, 0.3) is 11.8 Å². The van der Waals surface area contributed by atoms with E-state index in [9.17, 15) is 19.2 Å². The SMILES string of the molecule is NCCNC(=O)c1ccccc1NC(=O)CN1C(=O)NC2(CCCCC2)C1=O. The van der Waals surface area contributed by atoms with E-state index in [1.54, 1.807) is 24.3 Å². The van der Waals surface area contributed by atoms with Gasteiger partial charge in [0.2, 0.25) is 5.91 Å². The predicted molar refractivity (Wildman–Crippen MR) is 103 cm³/mol. The predicted octanol–water partition coefficient (Wildman–Crippen LogP) is 0.568. The first-order valence-electron chi connectivity index (χ1n) is 9.48. The van der Waals surface area contributed by atoms with Gasteiger partial charge in [-0.15, -0.1) is 0 Å². The third-order valence-corrected chi connectivity index (χ3v) is 5.13. The molecule has 1 heterocycles. The fourth-order valence-electron chi connectivity index (χ4n) is 3.72. The second-order valence-corrected chi connectivity index (χ2v) is 7.10. The summed E-state index contributed by atoms with van der Waals surface area (Å²) in [5.74, 6) is -1.26. The first-order chi connectivity index (χ1) is 13.5. The molecule has 1 saturated carbocycles. The largest absolute Gasteiger partial charge is 0.351 e. The molecular formula is C19H25N5O4. The van der Waals surface area contributed by atoms with E-state index in [4.69, 9.17) is 5.73 Å². The molecule has 1 aliphatic heterocycles. The number of anilines is 1. The molecule has 1 aromatic rings. The average Bonchev–Trinajstić information content (AvgIpc) is 2.91. The molecule has 1 saturated heterocycles. The topological polar surface area (TPSA) is 134 Å². The summed E-state index contributed by atoms with van der Waals surface area (Å²) in [6, 6.07) is 5.98. The van der Waals surface area contributed by atoms with Gasteiger partial charge in [-0.1, -0.05) is 31.4 Å². The first kappa shape index (κ1) is 19.8. The Kier molecular flexibility index (Phi) is 5.93. The summed E-state index contributed by atoms with van der Waals surface area (Å²) in [6.45, 7) is 0.213. The van der Waals surface area contributed by atoms with E-state index < -0.39 is 24.0 Å². The quantitative estimate of drug-likeness (QED) is 0.530. The lowest BCUT2D eigenvalue weighted by atomic mass is 9.82. The minimum atomic E-state index is -0.865. The van der Waals surface area contributed by atoms with Crippen LogP contribution in [-0.4, -0.2) is 53.8 Å². The number of hydrogen-bond donors (Lipinski definition) is 4. The van der Waals surface area contributed by atoms with E-state index in [0.717, 1.165) is 24.2 Å². The van der Waals surface area contributed by atoms with Crippen molar-refractivity contribution in [3.05, 3.63) is 29.8 Å². The molecule has 0 bridgehead atoms. The zero-order valence-corrected chi connectivity index (χ0v) is 15.6. The summed E-state index contributed by atoms with van der Waals surface area (Å²) in [6.07, 6.45) is 3.97. The normalized spacial score (nSPS) is 18.1. The second-order valence-electron chi connectivity index (χ2n) is 7.10. The zero-order chi connectivity index (χ0) is 20.1. The number of para-hydroxylation sites is 1. The number of benzene rings is 1. The highest BCUT2D eigenvalue weighted by Gasteiger charge is 2.51. The number of nitrogens with zero attached hydrogens (tertiary/aromatic N) is 1. The summed E-state index contributed by atoms with van der Waals surface area (Å²) in [5.41, 5.74) is 5.11. The maximum absolute atomic E-state index is 12.8. The molecule has 5 N–H and O–H groups in total. The third-order valence-electron chi connectivity index (χ3n) is 5.13. The van der Waals surface area contributed by atoms with Crippen molar-refractivity contribution in [3.63, 3.8) is 0 Å². The van der Waals surface area contributed by atoms with E-state index >= 15 is 0 Å². The summed E-state index contributed by atoms with van der Waals surface area (Å²) < 4.78 is 0. The number of urea groups is 1. The third kappa shape index (κ3) is 3.99. The molecule has 2 aliphatic rings. The zero-order valence-electron chi connectivity index (χ0n) is 15.6. The van der Waals surface area contributed by atoms with E-state index in [1.165, 1.54) is 0 Å². The number of carbonyl (C=O) groups excluding carboxylic acids is 4. The van der Waals surface area contributed by atoms with Crippen LogP contribution in [0.25, 0.3) is 0 Å². The van der Waals surface area contributed by atoms with E-state index in [1.807, 2.05) is 0 Å². The molecule has 9 nitrogen and oxygen atoms in total. The van der Waals surface area contributed by atoms with E-state index in [0.29, 0.717) is 31.6 Å². The van der Waals surface area contributed by atoms with Crippen LogP contribution in [-0.2, 0) is 9.59 Å². The van der Waals surface area contributed by atoms with E-state index in [-0.39, 0.29) is 17.4 Å². The van der Waals surface area contributed by atoms with Crippen LogP contribution in [0, 0.1) is 0 Å². The van der Waals surface area contributed by atoms with Gasteiger partial charge in [0.05, 0.1) is 11.3 Å².